The second-order valence-electron chi connectivity index (χ2n) is 6.36. The quantitative estimate of drug-likeness (QED) is 0.644. The Morgan fingerprint density at radius 1 is 1.15 bits per heavy atom. The van der Waals surface area contributed by atoms with E-state index in [2.05, 4.69) is 16.5 Å². The van der Waals surface area contributed by atoms with Crippen LogP contribution in [0.3, 0.4) is 0 Å². The minimum Gasteiger partial charge on any atom is -0.377 e. The Labute approximate surface area is 162 Å². The average Bonchev–Trinajstić information content (AvgIpc) is 2.72. The van der Waals surface area contributed by atoms with Gasteiger partial charge in [0.25, 0.3) is 0 Å². The van der Waals surface area contributed by atoms with Crippen LogP contribution in [0.4, 0.5) is 0 Å². The molecule has 1 aliphatic rings. The smallest absolute Gasteiger partial charge is 0.246 e. The lowest BCUT2D eigenvalue weighted by Crippen LogP contribution is -2.42. The van der Waals surface area contributed by atoms with Crippen LogP contribution in [0.15, 0.2) is 61.4 Å². The monoisotopic (exact) mass is 379 g/mol. The number of nitrogens with zero attached hydrogens (tertiary/aromatic N) is 3. The normalized spacial score (nSPS) is 17.1. The van der Waals surface area contributed by atoms with Gasteiger partial charge in [-0.2, -0.15) is 0 Å². The first-order chi connectivity index (χ1) is 13.2. The summed E-state index contributed by atoms with van der Waals surface area (Å²) in [6.07, 6.45) is 4.69. The van der Waals surface area contributed by atoms with Gasteiger partial charge >= 0.3 is 0 Å². The summed E-state index contributed by atoms with van der Waals surface area (Å²) in [5, 5.41) is 0.610. The van der Waals surface area contributed by atoms with Crippen molar-refractivity contribution in [3.63, 3.8) is 0 Å². The highest BCUT2D eigenvalue weighted by Crippen LogP contribution is 2.32. The number of fused-ring (bicyclic) bond motifs is 1. The molecular formula is C21H18ClN3O2. The van der Waals surface area contributed by atoms with Crippen LogP contribution in [-0.2, 0) is 9.53 Å². The molecule has 1 fully saturated rings. The molecular weight excluding hydrogens is 362 g/mol. The lowest BCUT2D eigenvalue weighted by Gasteiger charge is -2.35. The summed E-state index contributed by atoms with van der Waals surface area (Å²) in [7, 11) is 0. The third kappa shape index (κ3) is 3.56. The van der Waals surface area contributed by atoms with Crippen LogP contribution < -0.4 is 0 Å². The molecule has 0 N–H and O–H groups in total. The van der Waals surface area contributed by atoms with Crippen molar-refractivity contribution in [2.75, 3.05) is 19.8 Å². The molecule has 1 aromatic heterocycles. The summed E-state index contributed by atoms with van der Waals surface area (Å²) in [5.74, 6) is -0.106. The predicted octanol–water partition coefficient (Wildman–Crippen LogP) is 4.04. The minimum absolute atomic E-state index is 0.106. The molecule has 0 aliphatic carbocycles. The zero-order valence-corrected chi connectivity index (χ0v) is 15.4. The topological polar surface area (TPSA) is 55.3 Å². The Bertz CT molecular complexity index is 1020. The van der Waals surface area contributed by atoms with Gasteiger partial charge in [0.1, 0.15) is 0 Å². The maximum Gasteiger partial charge on any atom is 0.246 e. The number of carbonyl (C=O) groups excluding carboxylic acids is 1. The number of ether oxygens (including phenoxy) is 1. The van der Waals surface area contributed by atoms with Crippen LogP contribution in [0.1, 0.15) is 11.6 Å². The largest absolute Gasteiger partial charge is 0.377 e. The van der Waals surface area contributed by atoms with Crippen LogP contribution in [-0.4, -0.2) is 40.5 Å². The Morgan fingerprint density at radius 2 is 1.96 bits per heavy atom. The van der Waals surface area contributed by atoms with E-state index >= 15 is 0 Å². The molecule has 1 saturated heterocycles. The first-order valence-electron chi connectivity index (χ1n) is 8.68. The first kappa shape index (κ1) is 17.6. The first-order valence-corrected chi connectivity index (χ1v) is 9.06. The van der Waals surface area contributed by atoms with Gasteiger partial charge < -0.3 is 9.64 Å². The van der Waals surface area contributed by atoms with E-state index in [4.69, 9.17) is 16.3 Å². The fourth-order valence-corrected chi connectivity index (χ4v) is 3.62. The van der Waals surface area contributed by atoms with Gasteiger partial charge in [-0.1, -0.05) is 24.2 Å². The van der Waals surface area contributed by atoms with E-state index in [1.807, 2.05) is 36.4 Å². The van der Waals surface area contributed by atoms with Crippen molar-refractivity contribution in [2.24, 2.45) is 0 Å². The highest BCUT2D eigenvalue weighted by Gasteiger charge is 2.27. The summed E-state index contributed by atoms with van der Waals surface area (Å²) in [4.78, 5) is 22.7. The van der Waals surface area contributed by atoms with Crippen LogP contribution in [0.5, 0.6) is 0 Å². The van der Waals surface area contributed by atoms with Gasteiger partial charge in [0.2, 0.25) is 5.91 Å². The van der Waals surface area contributed by atoms with Crippen molar-refractivity contribution in [1.82, 2.24) is 14.9 Å². The minimum atomic E-state index is -0.193. The summed E-state index contributed by atoms with van der Waals surface area (Å²) < 4.78 is 5.61. The van der Waals surface area contributed by atoms with Crippen molar-refractivity contribution in [1.29, 1.82) is 0 Å². The number of halogens is 1. The molecule has 1 atom stereocenters. The Kier molecular flexibility index (Phi) is 4.88. The van der Waals surface area contributed by atoms with Crippen molar-refractivity contribution in [3.8, 4) is 11.1 Å². The summed E-state index contributed by atoms with van der Waals surface area (Å²) >= 11 is 6.41. The van der Waals surface area contributed by atoms with E-state index in [9.17, 15) is 4.79 Å². The molecule has 0 saturated carbocycles. The molecule has 136 valence electrons. The summed E-state index contributed by atoms with van der Waals surface area (Å²) in [6, 6.07) is 11.6. The summed E-state index contributed by atoms with van der Waals surface area (Å²) in [5.41, 5.74) is 4.55. The number of aromatic nitrogens is 2. The van der Waals surface area contributed by atoms with E-state index in [-0.39, 0.29) is 11.9 Å². The molecule has 27 heavy (non-hydrogen) atoms. The number of carbonyl (C=O) groups is 1. The highest BCUT2D eigenvalue weighted by molar-refractivity contribution is 6.31. The van der Waals surface area contributed by atoms with Crippen LogP contribution in [0.2, 0.25) is 5.02 Å². The maximum atomic E-state index is 12.2. The molecule has 4 rings (SSSR count). The second-order valence-corrected chi connectivity index (χ2v) is 6.80. The zero-order chi connectivity index (χ0) is 18.8. The van der Waals surface area contributed by atoms with Crippen LogP contribution in [0.25, 0.3) is 22.2 Å². The van der Waals surface area contributed by atoms with Gasteiger partial charge in [-0.25, -0.2) is 0 Å². The average molecular weight is 380 g/mol. The van der Waals surface area contributed by atoms with Crippen molar-refractivity contribution >= 4 is 28.5 Å². The molecule has 3 aromatic rings. The van der Waals surface area contributed by atoms with E-state index in [1.54, 1.807) is 17.3 Å². The summed E-state index contributed by atoms with van der Waals surface area (Å²) in [6.45, 7) is 5.09. The van der Waals surface area contributed by atoms with Gasteiger partial charge in [-0.05, 0) is 53.1 Å². The Hall–Kier alpha value is -2.76. The molecule has 0 spiro atoms. The zero-order valence-electron chi connectivity index (χ0n) is 14.6. The van der Waals surface area contributed by atoms with Crippen molar-refractivity contribution in [2.45, 2.75) is 6.04 Å². The van der Waals surface area contributed by atoms with E-state index in [0.717, 1.165) is 27.7 Å². The third-order valence-electron chi connectivity index (χ3n) is 4.69. The number of rotatable bonds is 3. The lowest BCUT2D eigenvalue weighted by molar-refractivity contribution is -0.134. The molecule has 1 aliphatic heterocycles. The molecule has 2 aromatic carbocycles. The fourth-order valence-electron chi connectivity index (χ4n) is 3.38. The SMILES string of the molecule is C=CC(=O)N1CCOCC1c1cc(Cl)cc(-c2ccc3nccnc3c2)c1. The second kappa shape index (κ2) is 7.47. The van der Waals surface area contributed by atoms with Crippen molar-refractivity contribution < 1.29 is 9.53 Å². The van der Waals surface area contributed by atoms with Crippen molar-refractivity contribution in [3.05, 3.63) is 72.0 Å². The predicted molar refractivity (Wildman–Crippen MR) is 105 cm³/mol. The van der Waals surface area contributed by atoms with Gasteiger partial charge in [0.05, 0.1) is 30.3 Å². The van der Waals surface area contributed by atoms with E-state index in [0.29, 0.717) is 24.8 Å². The van der Waals surface area contributed by atoms with E-state index in [1.165, 1.54) is 6.08 Å². The van der Waals surface area contributed by atoms with Gasteiger partial charge in [-0.15, -0.1) is 0 Å². The molecule has 1 unspecified atom stereocenters. The Balaban J connectivity index is 1.76. The van der Waals surface area contributed by atoms with Crippen LogP contribution >= 0.6 is 11.6 Å². The molecule has 2 heterocycles. The van der Waals surface area contributed by atoms with Crippen LogP contribution in [0, 0.1) is 0 Å². The fraction of sp³-hybridized carbons (Fsp3) is 0.190. The third-order valence-corrected chi connectivity index (χ3v) is 4.91. The van der Waals surface area contributed by atoms with Gasteiger partial charge in [-0.3, -0.25) is 14.8 Å². The number of hydrogen-bond acceptors (Lipinski definition) is 4. The Morgan fingerprint density at radius 3 is 2.78 bits per heavy atom. The number of benzene rings is 2. The molecule has 0 bridgehead atoms. The molecule has 0 radical (unpaired) electrons. The van der Waals surface area contributed by atoms with Gasteiger partial charge in [0.15, 0.2) is 0 Å². The molecule has 5 nitrogen and oxygen atoms in total. The standard InChI is InChI=1S/C21H18ClN3O2/c1-2-21(26)25-7-8-27-13-20(25)16-9-15(10-17(22)11-16)14-3-4-18-19(12-14)24-6-5-23-18/h2-6,9-12,20H,1,7-8,13H2. The molecule has 1 amide bonds. The number of amides is 1. The lowest BCUT2D eigenvalue weighted by atomic mass is 9.98. The van der Waals surface area contributed by atoms with E-state index < -0.39 is 0 Å². The highest BCUT2D eigenvalue weighted by atomic mass is 35.5. The molecule has 6 heteroatoms. The van der Waals surface area contributed by atoms with Gasteiger partial charge in [0, 0.05) is 24.0 Å². The number of hydrogen-bond donors (Lipinski definition) is 0. The maximum absolute atomic E-state index is 12.2. The number of morpholine rings is 1.